The van der Waals surface area contributed by atoms with Gasteiger partial charge in [-0.05, 0) is 31.2 Å². The Labute approximate surface area is 111 Å². The van der Waals surface area contributed by atoms with Crippen LogP contribution in [0.3, 0.4) is 0 Å². The van der Waals surface area contributed by atoms with Gasteiger partial charge in [-0.15, -0.1) is 0 Å². The van der Waals surface area contributed by atoms with Crippen LogP contribution in [0, 0.1) is 5.41 Å². The first-order valence-corrected chi connectivity index (χ1v) is 7.09. The van der Waals surface area contributed by atoms with Gasteiger partial charge in [-0.25, -0.2) is 0 Å². The molecule has 1 amide bonds. The van der Waals surface area contributed by atoms with Crippen molar-refractivity contribution >= 4 is 5.91 Å². The number of piperidine rings is 1. The lowest BCUT2D eigenvalue weighted by molar-refractivity contribution is -0.127. The summed E-state index contributed by atoms with van der Waals surface area (Å²) in [5.74, 6) is -0.202. The van der Waals surface area contributed by atoms with E-state index in [1.54, 1.807) is 0 Å². The Morgan fingerprint density at radius 1 is 1.39 bits per heavy atom. The Kier molecular flexibility index (Phi) is 5.17. The number of hydrogen-bond donors (Lipinski definition) is 2. The molecule has 1 rings (SSSR count). The van der Waals surface area contributed by atoms with E-state index in [0.29, 0.717) is 0 Å². The highest BCUT2D eigenvalue weighted by molar-refractivity contribution is 5.80. The Bertz CT molecular complexity index is 285. The second-order valence-corrected chi connectivity index (χ2v) is 6.53. The van der Waals surface area contributed by atoms with Crippen molar-refractivity contribution in [3.8, 4) is 0 Å². The lowest BCUT2D eigenvalue weighted by atomic mass is 9.78. The van der Waals surface area contributed by atoms with Crippen LogP contribution in [0.25, 0.3) is 0 Å². The molecule has 0 spiro atoms. The molecule has 0 saturated carbocycles. The summed E-state index contributed by atoms with van der Waals surface area (Å²) in [6.07, 6.45) is 4.01. The van der Waals surface area contributed by atoms with Crippen LogP contribution in [0.5, 0.6) is 0 Å². The fourth-order valence-electron chi connectivity index (χ4n) is 3.20. The zero-order chi connectivity index (χ0) is 13.9. The molecule has 3 unspecified atom stereocenters. The zero-order valence-corrected chi connectivity index (χ0v) is 12.3. The summed E-state index contributed by atoms with van der Waals surface area (Å²) in [5, 5.41) is 0. The van der Waals surface area contributed by atoms with Crippen molar-refractivity contribution in [2.24, 2.45) is 16.9 Å². The van der Waals surface area contributed by atoms with E-state index < -0.39 is 0 Å². The van der Waals surface area contributed by atoms with E-state index in [1.807, 2.05) is 0 Å². The number of carbonyl (C=O) groups is 1. The standard InChI is InChI=1S/C14H29N3O/c1-5-10(15)12(14(2,3)4)17-9-7-6-8-11(17)13(16)18/h10-12H,5-9,15H2,1-4H3,(H2,16,18). The highest BCUT2D eigenvalue weighted by Gasteiger charge is 2.40. The molecule has 1 heterocycles. The molecule has 1 saturated heterocycles. The van der Waals surface area contributed by atoms with Gasteiger partial charge in [0.2, 0.25) is 5.91 Å². The van der Waals surface area contributed by atoms with Gasteiger partial charge in [-0.1, -0.05) is 34.1 Å². The van der Waals surface area contributed by atoms with Gasteiger partial charge in [0.25, 0.3) is 0 Å². The molecule has 0 aromatic carbocycles. The molecular weight excluding hydrogens is 226 g/mol. The molecule has 4 N–H and O–H groups in total. The van der Waals surface area contributed by atoms with Crippen molar-refractivity contribution < 1.29 is 4.79 Å². The summed E-state index contributed by atoms with van der Waals surface area (Å²) in [4.78, 5) is 13.9. The van der Waals surface area contributed by atoms with Crippen molar-refractivity contribution in [2.45, 2.75) is 71.5 Å². The molecule has 0 aliphatic carbocycles. The van der Waals surface area contributed by atoms with Gasteiger partial charge >= 0.3 is 0 Å². The van der Waals surface area contributed by atoms with Crippen LogP contribution in [0.4, 0.5) is 0 Å². The molecule has 106 valence electrons. The summed E-state index contributed by atoms with van der Waals surface area (Å²) >= 11 is 0. The van der Waals surface area contributed by atoms with Crippen molar-refractivity contribution in [1.82, 2.24) is 4.90 Å². The first-order valence-electron chi connectivity index (χ1n) is 7.09. The number of likely N-dealkylation sites (tertiary alicyclic amines) is 1. The molecule has 1 fully saturated rings. The quantitative estimate of drug-likeness (QED) is 0.799. The van der Waals surface area contributed by atoms with Gasteiger partial charge in [-0.3, -0.25) is 9.69 Å². The third kappa shape index (κ3) is 3.45. The van der Waals surface area contributed by atoms with Crippen molar-refractivity contribution in [3.63, 3.8) is 0 Å². The van der Waals surface area contributed by atoms with Gasteiger partial charge in [0.05, 0.1) is 6.04 Å². The number of carbonyl (C=O) groups excluding carboxylic acids is 1. The van der Waals surface area contributed by atoms with Crippen molar-refractivity contribution in [2.75, 3.05) is 6.54 Å². The third-order valence-electron chi connectivity index (χ3n) is 3.99. The van der Waals surface area contributed by atoms with E-state index in [2.05, 4.69) is 32.6 Å². The second kappa shape index (κ2) is 6.02. The first-order chi connectivity index (χ1) is 8.29. The predicted molar refractivity (Wildman–Crippen MR) is 75.0 cm³/mol. The van der Waals surface area contributed by atoms with E-state index in [1.165, 1.54) is 0 Å². The Balaban J connectivity index is 2.98. The molecule has 1 aliphatic heterocycles. The van der Waals surface area contributed by atoms with Crippen LogP contribution >= 0.6 is 0 Å². The first kappa shape index (κ1) is 15.4. The summed E-state index contributed by atoms with van der Waals surface area (Å²) in [6, 6.07) is 0.158. The largest absolute Gasteiger partial charge is 0.368 e. The summed E-state index contributed by atoms with van der Waals surface area (Å²) in [6.45, 7) is 9.62. The van der Waals surface area contributed by atoms with Crippen LogP contribution in [0.1, 0.15) is 53.4 Å². The van der Waals surface area contributed by atoms with Crippen LogP contribution in [0.15, 0.2) is 0 Å². The van der Waals surface area contributed by atoms with E-state index in [4.69, 9.17) is 11.5 Å². The molecule has 4 nitrogen and oxygen atoms in total. The maximum atomic E-state index is 11.6. The minimum Gasteiger partial charge on any atom is -0.368 e. The highest BCUT2D eigenvalue weighted by Crippen LogP contribution is 2.32. The smallest absolute Gasteiger partial charge is 0.234 e. The molecule has 0 aromatic heterocycles. The maximum absolute atomic E-state index is 11.6. The van der Waals surface area contributed by atoms with E-state index >= 15 is 0 Å². The molecular formula is C14H29N3O. The molecule has 4 heteroatoms. The SMILES string of the molecule is CCC(N)C(N1CCCCC1C(N)=O)C(C)(C)C. The van der Waals surface area contributed by atoms with Gasteiger partial charge in [0.15, 0.2) is 0 Å². The van der Waals surface area contributed by atoms with Gasteiger partial charge < -0.3 is 11.5 Å². The van der Waals surface area contributed by atoms with Crippen molar-refractivity contribution in [3.05, 3.63) is 0 Å². The average molecular weight is 255 g/mol. The fraction of sp³-hybridized carbons (Fsp3) is 0.929. The normalized spacial score (nSPS) is 25.7. The maximum Gasteiger partial charge on any atom is 0.234 e. The fourth-order valence-corrected chi connectivity index (χ4v) is 3.20. The predicted octanol–water partition coefficient (Wildman–Crippen LogP) is 1.48. The topological polar surface area (TPSA) is 72.3 Å². The Morgan fingerprint density at radius 2 is 2.00 bits per heavy atom. The number of primary amides is 1. The van der Waals surface area contributed by atoms with E-state index in [-0.39, 0.29) is 29.4 Å². The van der Waals surface area contributed by atoms with Gasteiger partial charge in [0.1, 0.15) is 0 Å². The van der Waals surface area contributed by atoms with E-state index in [9.17, 15) is 4.79 Å². The Hall–Kier alpha value is -0.610. The minimum absolute atomic E-state index is 0.0560. The second-order valence-electron chi connectivity index (χ2n) is 6.53. The number of rotatable bonds is 4. The van der Waals surface area contributed by atoms with Crippen LogP contribution in [-0.4, -0.2) is 35.5 Å². The van der Waals surface area contributed by atoms with Crippen LogP contribution in [-0.2, 0) is 4.79 Å². The zero-order valence-electron chi connectivity index (χ0n) is 12.3. The lowest BCUT2D eigenvalue weighted by Crippen LogP contribution is -2.61. The third-order valence-corrected chi connectivity index (χ3v) is 3.99. The molecule has 0 aromatic rings. The number of hydrogen-bond acceptors (Lipinski definition) is 3. The molecule has 1 aliphatic rings. The highest BCUT2D eigenvalue weighted by atomic mass is 16.1. The van der Waals surface area contributed by atoms with Crippen LogP contribution in [0.2, 0.25) is 0 Å². The minimum atomic E-state index is -0.202. The van der Waals surface area contributed by atoms with Crippen molar-refractivity contribution in [1.29, 1.82) is 0 Å². The molecule has 18 heavy (non-hydrogen) atoms. The summed E-state index contributed by atoms with van der Waals surface area (Å²) in [5.41, 5.74) is 11.9. The molecule has 0 radical (unpaired) electrons. The number of nitrogens with two attached hydrogens (primary N) is 2. The number of amides is 1. The van der Waals surface area contributed by atoms with Crippen LogP contribution < -0.4 is 11.5 Å². The van der Waals surface area contributed by atoms with Gasteiger partial charge in [0, 0.05) is 12.1 Å². The average Bonchev–Trinajstić information content (AvgIpc) is 2.27. The molecule has 3 atom stereocenters. The number of nitrogens with zero attached hydrogens (tertiary/aromatic N) is 1. The van der Waals surface area contributed by atoms with Gasteiger partial charge in [-0.2, -0.15) is 0 Å². The monoisotopic (exact) mass is 255 g/mol. The Morgan fingerprint density at radius 3 is 2.44 bits per heavy atom. The summed E-state index contributed by atoms with van der Waals surface area (Å²) in [7, 11) is 0. The van der Waals surface area contributed by atoms with E-state index in [0.717, 1.165) is 32.2 Å². The summed E-state index contributed by atoms with van der Waals surface area (Å²) < 4.78 is 0. The lowest BCUT2D eigenvalue weighted by Gasteiger charge is -2.48. The molecule has 0 bridgehead atoms.